The fourth-order valence-corrected chi connectivity index (χ4v) is 2.37. The van der Waals surface area contributed by atoms with Crippen molar-refractivity contribution in [3.05, 3.63) is 11.8 Å². The number of carbonyl (C=O) groups is 1. The van der Waals surface area contributed by atoms with Crippen LogP contribution in [0.25, 0.3) is 0 Å². The van der Waals surface area contributed by atoms with Crippen LogP contribution in [0.15, 0.2) is 11.1 Å². The molecule has 0 aliphatic carbocycles. The number of likely N-dealkylation sites (tertiary alicyclic amines) is 1. The summed E-state index contributed by atoms with van der Waals surface area (Å²) >= 11 is 0. The van der Waals surface area contributed by atoms with E-state index in [1.165, 1.54) is 17.8 Å². The second-order valence-electron chi connectivity index (χ2n) is 4.04. The van der Waals surface area contributed by atoms with E-state index in [1.54, 1.807) is 4.90 Å². The number of sulfonamides is 1. The lowest BCUT2D eigenvalue weighted by atomic mass is 10.3. The molecule has 1 amide bonds. The second kappa shape index (κ2) is 4.11. The average Bonchev–Trinajstić information content (AvgIpc) is 2.83. The molecule has 1 saturated heterocycles. The Morgan fingerprint density at radius 2 is 2.00 bits per heavy atom. The highest BCUT2D eigenvalue weighted by molar-refractivity contribution is 7.89. The summed E-state index contributed by atoms with van der Waals surface area (Å²) in [4.78, 5) is 13.7. The fraction of sp³-hybridized carbons (Fsp3) is 0.556. The lowest BCUT2D eigenvalue weighted by Gasteiger charge is -2.14. The molecule has 7 nitrogen and oxygen atoms in total. The molecule has 1 aromatic heterocycles. The molecule has 0 spiro atoms. The number of aromatic nitrogens is 2. The summed E-state index contributed by atoms with van der Waals surface area (Å²) in [5.41, 5.74) is 0.246. The van der Waals surface area contributed by atoms with Crippen LogP contribution in [0.3, 0.4) is 0 Å². The van der Waals surface area contributed by atoms with E-state index in [-0.39, 0.29) is 16.6 Å². The summed E-state index contributed by atoms with van der Waals surface area (Å²) in [6, 6.07) is 1.22. The molecular formula is C9H14N4O3S. The van der Waals surface area contributed by atoms with Crippen molar-refractivity contribution in [3.63, 3.8) is 0 Å². The van der Waals surface area contributed by atoms with Gasteiger partial charge in [0.15, 0.2) is 5.03 Å². The molecule has 2 rings (SSSR count). The van der Waals surface area contributed by atoms with Crippen molar-refractivity contribution in [3.8, 4) is 0 Å². The van der Waals surface area contributed by atoms with Crippen LogP contribution in [0.1, 0.15) is 23.3 Å². The van der Waals surface area contributed by atoms with Gasteiger partial charge in [-0.05, 0) is 12.8 Å². The molecule has 1 aromatic rings. The Morgan fingerprint density at radius 3 is 2.47 bits per heavy atom. The number of primary sulfonamides is 1. The number of aryl methyl sites for hydroxylation is 1. The normalized spacial score (nSPS) is 16.5. The summed E-state index contributed by atoms with van der Waals surface area (Å²) in [5.74, 6) is -0.201. The highest BCUT2D eigenvalue weighted by Gasteiger charge is 2.25. The van der Waals surface area contributed by atoms with Gasteiger partial charge in [0.1, 0.15) is 5.69 Å². The molecule has 1 aliphatic heterocycles. The molecule has 0 radical (unpaired) electrons. The quantitative estimate of drug-likeness (QED) is 0.758. The highest BCUT2D eigenvalue weighted by Crippen LogP contribution is 2.14. The van der Waals surface area contributed by atoms with E-state index in [2.05, 4.69) is 5.10 Å². The molecule has 0 aromatic carbocycles. The van der Waals surface area contributed by atoms with Crippen LogP contribution >= 0.6 is 0 Å². The Morgan fingerprint density at radius 1 is 1.41 bits per heavy atom. The Labute approximate surface area is 99.2 Å². The summed E-state index contributed by atoms with van der Waals surface area (Å²) < 4.78 is 23.5. The first kappa shape index (κ1) is 12.1. The first-order chi connectivity index (χ1) is 7.89. The molecule has 94 valence electrons. The summed E-state index contributed by atoms with van der Waals surface area (Å²) in [6.07, 6.45) is 1.96. The van der Waals surface area contributed by atoms with Crippen LogP contribution < -0.4 is 5.14 Å². The van der Waals surface area contributed by atoms with Crippen molar-refractivity contribution < 1.29 is 13.2 Å². The molecule has 0 bridgehead atoms. The summed E-state index contributed by atoms with van der Waals surface area (Å²) in [7, 11) is -2.34. The largest absolute Gasteiger partial charge is 0.337 e. The van der Waals surface area contributed by atoms with Crippen molar-refractivity contribution in [2.75, 3.05) is 13.1 Å². The molecule has 8 heteroatoms. The number of nitrogens with zero attached hydrogens (tertiary/aromatic N) is 3. The van der Waals surface area contributed by atoms with E-state index in [1.807, 2.05) is 0 Å². The van der Waals surface area contributed by atoms with Gasteiger partial charge in [-0.1, -0.05) is 0 Å². The van der Waals surface area contributed by atoms with Crippen LogP contribution in [0, 0.1) is 0 Å². The minimum absolute atomic E-state index is 0.201. The molecule has 1 fully saturated rings. The molecule has 2 N–H and O–H groups in total. The van der Waals surface area contributed by atoms with Gasteiger partial charge in [0.05, 0.1) is 0 Å². The van der Waals surface area contributed by atoms with E-state index in [0.29, 0.717) is 13.1 Å². The van der Waals surface area contributed by atoms with E-state index in [0.717, 1.165) is 12.8 Å². The van der Waals surface area contributed by atoms with Crippen LogP contribution in [0.5, 0.6) is 0 Å². The smallest absolute Gasteiger partial charge is 0.272 e. The van der Waals surface area contributed by atoms with E-state index in [4.69, 9.17) is 5.14 Å². The third-order valence-electron chi connectivity index (χ3n) is 2.76. The SMILES string of the molecule is Cn1nc(S(N)(=O)=O)cc1C(=O)N1CCCC1. The zero-order valence-electron chi connectivity index (χ0n) is 9.46. The van der Waals surface area contributed by atoms with Crippen molar-refractivity contribution in [1.29, 1.82) is 0 Å². The number of carbonyl (C=O) groups excluding carboxylic acids is 1. The first-order valence-electron chi connectivity index (χ1n) is 5.26. The van der Waals surface area contributed by atoms with Crippen LogP contribution in [-0.4, -0.2) is 42.1 Å². The molecule has 0 atom stereocenters. The van der Waals surface area contributed by atoms with Crippen molar-refractivity contribution in [2.45, 2.75) is 17.9 Å². The number of rotatable bonds is 2. The molecule has 17 heavy (non-hydrogen) atoms. The monoisotopic (exact) mass is 258 g/mol. The predicted octanol–water partition coefficient (Wildman–Crippen LogP) is -0.696. The van der Waals surface area contributed by atoms with Crippen molar-refractivity contribution in [2.24, 2.45) is 12.2 Å². The second-order valence-corrected chi connectivity index (χ2v) is 5.54. The van der Waals surface area contributed by atoms with Crippen LogP contribution in [0.2, 0.25) is 0 Å². The van der Waals surface area contributed by atoms with Gasteiger partial charge in [-0.25, -0.2) is 13.6 Å². The van der Waals surface area contributed by atoms with Crippen molar-refractivity contribution in [1.82, 2.24) is 14.7 Å². The average molecular weight is 258 g/mol. The minimum atomic E-state index is -3.86. The Bertz CT molecular complexity index is 543. The summed E-state index contributed by atoms with van der Waals surface area (Å²) in [6.45, 7) is 1.41. The molecule has 0 unspecified atom stereocenters. The van der Waals surface area contributed by atoms with E-state index >= 15 is 0 Å². The number of nitrogens with two attached hydrogens (primary N) is 1. The molecular weight excluding hydrogens is 244 g/mol. The van der Waals surface area contributed by atoms with Gasteiger partial charge in [-0.2, -0.15) is 5.10 Å². The topological polar surface area (TPSA) is 98.3 Å². The van der Waals surface area contributed by atoms with Gasteiger partial charge in [0.2, 0.25) is 0 Å². The molecule has 0 saturated carbocycles. The van der Waals surface area contributed by atoms with Gasteiger partial charge >= 0.3 is 0 Å². The lowest BCUT2D eigenvalue weighted by molar-refractivity contribution is 0.0782. The minimum Gasteiger partial charge on any atom is -0.337 e. The van der Waals surface area contributed by atoms with Gasteiger partial charge in [-0.3, -0.25) is 9.48 Å². The van der Waals surface area contributed by atoms with Gasteiger partial charge < -0.3 is 4.90 Å². The number of hydrogen-bond acceptors (Lipinski definition) is 4. The first-order valence-corrected chi connectivity index (χ1v) is 6.80. The van der Waals surface area contributed by atoms with E-state index in [9.17, 15) is 13.2 Å². The Kier molecular flexibility index (Phi) is 2.92. The van der Waals surface area contributed by atoms with E-state index < -0.39 is 10.0 Å². The molecule has 2 heterocycles. The Hall–Kier alpha value is -1.41. The number of hydrogen-bond donors (Lipinski definition) is 1. The maximum absolute atomic E-state index is 12.0. The standard InChI is InChI=1S/C9H14N4O3S/c1-12-7(6-8(11-12)17(10,15)16)9(14)13-4-2-3-5-13/h6H,2-5H2,1H3,(H2,10,15,16). The fourth-order valence-electron chi connectivity index (χ4n) is 1.86. The predicted molar refractivity (Wildman–Crippen MR) is 59.7 cm³/mol. The Balaban J connectivity index is 2.33. The third kappa shape index (κ3) is 2.32. The van der Waals surface area contributed by atoms with Gasteiger partial charge in [0, 0.05) is 26.2 Å². The maximum atomic E-state index is 12.0. The maximum Gasteiger partial charge on any atom is 0.272 e. The zero-order valence-corrected chi connectivity index (χ0v) is 10.3. The highest BCUT2D eigenvalue weighted by atomic mass is 32.2. The van der Waals surface area contributed by atoms with Crippen molar-refractivity contribution >= 4 is 15.9 Å². The number of amides is 1. The van der Waals surface area contributed by atoms with Crippen LogP contribution in [0.4, 0.5) is 0 Å². The lowest BCUT2D eigenvalue weighted by Crippen LogP contribution is -2.29. The van der Waals surface area contributed by atoms with Gasteiger partial charge in [-0.15, -0.1) is 0 Å². The summed E-state index contributed by atoms with van der Waals surface area (Å²) in [5, 5.41) is 8.42. The third-order valence-corrected chi connectivity index (χ3v) is 3.54. The van der Waals surface area contributed by atoms with Crippen LogP contribution in [-0.2, 0) is 17.1 Å². The van der Waals surface area contributed by atoms with Gasteiger partial charge in [0.25, 0.3) is 15.9 Å². The zero-order chi connectivity index (χ0) is 12.6. The molecule has 1 aliphatic rings.